The lowest BCUT2D eigenvalue weighted by molar-refractivity contribution is 0.0152. The van der Waals surface area contributed by atoms with Crippen LogP contribution in [0.15, 0.2) is 20.6 Å². The van der Waals surface area contributed by atoms with Crippen LogP contribution < -0.4 is 9.86 Å². The molecule has 1 saturated heterocycles. The van der Waals surface area contributed by atoms with E-state index in [1.165, 1.54) is 12.1 Å². The van der Waals surface area contributed by atoms with Gasteiger partial charge in [-0.3, -0.25) is 4.90 Å². The van der Waals surface area contributed by atoms with Gasteiger partial charge in [-0.2, -0.15) is 0 Å². The number of halogens is 1. The molecule has 2 rings (SSSR count). The van der Waals surface area contributed by atoms with Crippen molar-refractivity contribution in [3.05, 3.63) is 12.1 Å². The van der Waals surface area contributed by atoms with Crippen LogP contribution in [0, 0.1) is 0 Å². The van der Waals surface area contributed by atoms with E-state index < -0.39 is 20.0 Å². The zero-order valence-electron chi connectivity index (χ0n) is 13.3. The summed E-state index contributed by atoms with van der Waals surface area (Å²) < 4.78 is 55.0. The second-order valence-electron chi connectivity index (χ2n) is 5.42. The first-order valence-corrected chi connectivity index (χ1v) is 10.9. The van der Waals surface area contributed by atoms with Crippen LogP contribution in [0.5, 0.6) is 0 Å². The van der Waals surface area contributed by atoms with Gasteiger partial charge in [-0.05, 0) is 26.0 Å². The van der Waals surface area contributed by atoms with Crippen LogP contribution in [0.2, 0.25) is 0 Å². The van der Waals surface area contributed by atoms with Gasteiger partial charge in [0.2, 0.25) is 20.0 Å². The molecule has 0 saturated carbocycles. The Hall–Kier alpha value is -0.270. The molecular formula is C12H22ClN3O5S3. The predicted molar refractivity (Wildman–Crippen MR) is 94.6 cm³/mol. The average molecular weight is 420 g/mol. The topological polar surface area (TPSA) is 119 Å². The molecule has 12 heteroatoms. The van der Waals surface area contributed by atoms with Crippen LogP contribution >= 0.6 is 23.7 Å². The summed E-state index contributed by atoms with van der Waals surface area (Å²) in [5, 5.41) is 5.01. The number of nitrogens with zero attached hydrogens (tertiary/aromatic N) is 1. The van der Waals surface area contributed by atoms with Crippen molar-refractivity contribution in [1.29, 1.82) is 0 Å². The number of ether oxygens (including phenoxy) is 1. The van der Waals surface area contributed by atoms with E-state index >= 15 is 0 Å². The van der Waals surface area contributed by atoms with E-state index in [0.717, 1.165) is 13.1 Å². The van der Waals surface area contributed by atoms with Gasteiger partial charge in [-0.25, -0.2) is 26.7 Å². The number of primary sulfonamides is 1. The minimum atomic E-state index is -3.90. The monoisotopic (exact) mass is 419 g/mol. The highest BCUT2D eigenvalue weighted by molar-refractivity contribution is 7.94. The standard InChI is InChI=1S/C12H21N3O5S3.ClH/c1-9(10(2)15-5-7-20-8-6-15)14-23(18,19)12-4-3-11(21-12)22(13,16)17;/h3-4,9-10,14H,5-8H2,1-2H3,(H2,13,16,17);1H. The molecule has 0 bridgehead atoms. The molecule has 2 atom stereocenters. The first kappa shape index (κ1) is 21.8. The lowest BCUT2D eigenvalue weighted by Crippen LogP contribution is -2.52. The Morgan fingerprint density at radius 1 is 1.17 bits per heavy atom. The van der Waals surface area contributed by atoms with Crippen molar-refractivity contribution < 1.29 is 21.6 Å². The van der Waals surface area contributed by atoms with Crippen molar-refractivity contribution in [3.8, 4) is 0 Å². The number of sulfonamides is 2. The summed E-state index contributed by atoms with van der Waals surface area (Å²) >= 11 is 0.639. The molecular weight excluding hydrogens is 398 g/mol. The van der Waals surface area contributed by atoms with Crippen molar-refractivity contribution in [2.24, 2.45) is 5.14 Å². The Labute approximate surface area is 152 Å². The second kappa shape index (κ2) is 8.41. The maximum Gasteiger partial charge on any atom is 0.250 e. The molecule has 0 amide bonds. The minimum absolute atomic E-state index is 0. The molecule has 140 valence electrons. The van der Waals surface area contributed by atoms with Crippen molar-refractivity contribution in [3.63, 3.8) is 0 Å². The lowest BCUT2D eigenvalue weighted by Gasteiger charge is -2.35. The van der Waals surface area contributed by atoms with Gasteiger partial charge in [-0.15, -0.1) is 23.7 Å². The fourth-order valence-corrected chi connectivity index (χ4v) is 5.83. The molecule has 0 radical (unpaired) electrons. The molecule has 1 aromatic rings. The van der Waals surface area contributed by atoms with Crippen LogP contribution in [-0.4, -0.2) is 60.1 Å². The van der Waals surface area contributed by atoms with E-state index in [4.69, 9.17) is 9.88 Å². The summed E-state index contributed by atoms with van der Waals surface area (Å²) in [6.45, 7) is 6.50. The quantitative estimate of drug-likeness (QED) is 0.680. The molecule has 1 aliphatic heterocycles. The van der Waals surface area contributed by atoms with E-state index in [9.17, 15) is 16.8 Å². The maximum atomic E-state index is 12.4. The normalized spacial score (nSPS) is 19.5. The Bertz CT molecular complexity index is 744. The smallest absolute Gasteiger partial charge is 0.250 e. The van der Waals surface area contributed by atoms with Gasteiger partial charge in [-0.1, -0.05) is 0 Å². The fourth-order valence-electron chi connectivity index (χ4n) is 2.30. The maximum absolute atomic E-state index is 12.4. The summed E-state index contributed by atoms with van der Waals surface area (Å²) in [6, 6.07) is 2.10. The zero-order valence-corrected chi connectivity index (χ0v) is 16.6. The van der Waals surface area contributed by atoms with Crippen LogP contribution in [0.25, 0.3) is 0 Å². The van der Waals surface area contributed by atoms with Crippen LogP contribution in [0.3, 0.4) is 0 Å². The van der Waals surface area contributed by atoms with Crippen molar-refractivity contribution >= 4 is 43.8 Å². The average Bonchev–Trinajstić information content (AvgIpc) is 2.97. The number of nitrogens with two attached hydrogens (primary N) is 1. The van der Waals surface area contributed by atoms with Crippen molar-refractivity contribution in [1.82, 2.24) is 9.62 Å². The molecule has 0 aromatic carbocycles. The Balaban J connectivity index is 0.00000288. The number of morpholine rings is 1. The van der Waals surface area contributed by atoms with Gasteiger partial charge in [0.15, 0.2) is 0 Å². The molecule has 1 aliphatic rings. The van der Waals surface area contributed by atoms with Crippen LogP contribution in [-0.2, 0) is 24.8 Å². The van der Waals surface area contributed by atoms with E-state index in [1.807, 2.05) is 6.92 Å². The molecule has 2 unspecified atom stereocenters. The molecule has 0 aliphatic carbocycles. The molecule has 2 heterocycles. The number of rotatable bonds is 6. The first-order chi connectivity index (χ1) is 10.6. The highest BCUT2D eigenvalue weighted by Gasteiger charge is 2.27. The molecule has 8 nitrogen and oxygen atoms in total. The predicted octanol–water partition coefficient (Wildman–Crippen LogP) is 0.205. The van der Waals surface area contributed by atoms with Gasteiger partial charge in [0.1, 0.15) is 8.42 Å². The van der Waals surface area contributed by atoms with E-state index in [0.29, 0.717) is 24.6 Å². The molecule has 3 N–H and O–H groups in total. The van der Waals surface area contributed by atoms with Gasteiger partial charge in [0.25, 0.3) is 0 Å². The Morgan fingerprint density at radius 3 is 2.21 bits per heavy atom. The van der Waals surface area contributed by atoms with Crippen molar-refractivity contribution in [2.75, 3.05) is 26.3 Å². The number of nitrogens with one attached hydrogen (secondary N) is 1. The number of hydrogen-bond acceptors (Lipinski definition) is 7. The van der Waals surface area contributed by atoms with Gasteiger partial charge < -0.3 is 4.74 Å². The molecule has 1 aromatic heterocycles. The van der Waals surface area contributed by atoms with E-state index in [-0.39, 0.29) is 32.9 Å². The highest BCUT2D eigenvalue weighted by Crippen LogP contribution is 2.25. The number of hydrogen-bond donors (Lipinski definition) is 2. The third-order valence-electron chi connectivity index (χ3n) is 3.79. The SMILES string of the molecule is CC(NS(=O)(=O)c1ccc(S(N)(=O)=O)s1)C(C)N1CCOCC1.Cl. The number of thiophene rings is 1. The zero-order chi connectivity index (χ0) is 17.3. The molecule has 1 fully saturated rings. The summed E-state index contributed by atoms with van der Waals surface area (Å²) in [5.41, 5.74) is 0. The van der Waals surface area contributed by atoms with Gasteiger partial charge in [0, 0.05) is 25.2 Å². The van der Waals surface area contributed by atoms with Crippen LogP contribution in [0.4, 0.5) is 0 Å². The minimum Gasteiger partial charge on any atom is -0.379 e. The van der Waals surface area contributed by atoms with Crippen molar-refractivity contribution in [2.45, 2.75) is 34.3 Å². The summed E-state index contributed by atoms with van der Waals surface area (Å²) in [6.07, 6.45) is 0. The molecule has 0 spiro atoms. The van der Waals surface area contributed by atoms with E-state index in [2.05, 4.69) is 9.62 Å². The molecule has 24 heavy (non-hydrogen) atoms. The largest absolute Gasteiger partial charge is 0.379 e. The first-order valence-electron chi connectivity index (χ1n) is 7.08. The Kier molecular flexibility index (Phi) is 7.63. The van der Waals surface area contributed by atoms with E-state index in [1.54, 1.807) is 6.92 Å². The second-order valence-corrected chi connectivity index (χ2v) is 10.2. The summed E-state index contributed by atoms with van der Waals surface area (Å²) in [7, 11) is -7.69. The van der Waals surface area contributed by atoms with Crippen LogP contribution in [0.1, 0.15) is 13.8 Å². The third-order valence-corrected chi connectivity index (χ3v) is 8.36. The third kappa shape index (κ3) is 5.36. The summed E-state index contributed by atoms with van der Waals surface area (Å²) in [4.78, 5) is 2.15. The Morgan fingerprint density at radius 2 is 1.71 bits per heavy atom. The lowest BCUT2D eigenvalue weighted by atomic mass is 10.1. The fraction of sp³-hybridized carbons (Fsp3) is 0.667. The highest BCUT2D eigenvalue weighted by atomic mass is 35.5. The van der Waals surface area contributed by atoms with Gasteiger partial charge >= 0.3 is 0 Å². The summed E-state index contributed by atoms with van der Waals surface area (Å²) in [5.74, 6) is 0. The van der Waals surface area contributed by atoms with Gasteiger partial charge in [0.05, 0.1) is 13.2 Å².